The fourth-order valence-electron chi connectivity index (χ4n) is 1.67. The molecule has 0 aromatic heterocycles. The Morgan fingerprint density at radius 3 is 2.47 bits per heavy atom. The highest BCUT2D eigenvalue weighted by Gasteiger charge is 2.04. The van der Waals surface area contributed by atoms with E-state index < -0.39 is 0 Å². The number of rotatable bonds is 8. The summed E-state index contributed by atoms with van der Waals surface area (Å²) in [7, 11) is 0. The fraction of sp³-hybridized carbons (Fsp3) is 0.538. The molecule has 0 fully saturated rings. The predicted molar refractivity (Wildman–Crippen MR) is 71.3 cm³/mol. The van der Waals surface area contributed by atoms with Gasteiger partial charge in [0.2, 0.25) is 0 Å². The van der Waals surface area contributed by atoms with Crippen molar-refractivity contribution in [1.82, 2.24) is 0 Å². The molecule has 1 aromatic carbocycles. The van der Waals surface area contributed by atoms with Crippen molar-refractivity contribution in [3.8, 4) is 0 Å². The number of hydrogen-bond donors (Lipinski definition) is 2. The van der Waals surface area contributed by atoms with Crippen molar-refractivity contribution in [2.75, 3.05) is 43.5 Å². The maximum Gasteiger partial charge on any atom is 0.0698 e. The summed E-state index contributed by atoms with van der Waals surface area (Å²) in [5, 5.41) is 8.63. The van der Waals surface area contributed by atoms with E-state index in [2.05, 4.69) is 11.8 Å². The number of aliphatic hydroxyl groups excluding tert-OH is 1. The molecule has 0 aliphatic carbocycles. The zero-order valence-electron chi connectivity index (χ0n) is 10.4. The van der Waals surface area contributed by atoms with E-state index in [1.165, 1.54) is 0 Å². The Balaban J connectivity index is 2.49. The molecule has 0 atom stereocenters. The molecule has 0 saturated carbocycles. The Labute approximate surface area is 103 Å². The summed E-state index contributed by atoms with van der Waals surface area (Å²) in [5.74, 6) is 0. The Hall–Kier alpha value is -1.26. The normalized spacial score (nSPS) is 10.5. The van der Waals surface area contributed by atoms with Gasteiger partial charge in [-0.3, -0.25) is 0 Å². The molecular weight excluding hydrogens is 216 g/mol. The molecule has 0 aliphatic heterocycles. The second-order valence-electron chi connectivity index (χ2n) is 3.91. The molecule has 0 saturated heterocycles. The number of aliphatic hydroxyl groups is 1. The second-order valence-corrected chi connectivity index (χ2v) is 3.91. The molecule has 0 spiro atoms. The zero-order chi connectivity index (χ0) is 12.5. The van der Waals surface area contributed by atoms with E-state index >= 15 is 0 Å². The molecule has 3 N–H and O–H groups in total. The van der Waals surface area contributed by atoms with Crippen molar-refractivity contribution in [2.24, 2.45) is 0 Å². The summed E-state index contributed by atoms with van der Waals surface area (Å²) >= 11 is 0. The lowest BCUT2D eigenvalue weighted by Crippen LogP contribution is -2.28. The standard InChI is InChI=1S/C13H22N2O2/c1-2-7-15(8-10-17-11-9-16)13-5-3-12(14)4-6-13/h3-6,16H,2,7-11,14H2,1H3. The van der Waals surface area contributed by atoms with Crippen LogP contribution in [-0.4, -0.2) is 38.0 Å². The van der Waals surface area contributed by atoms with Gasteiger partial charge in [-0.1, -0.05) is 6.92 Å². The zero-order valence-corrected chi connectivity index (χ0v) is 10.4. The van der Waals surface area contributed by atoms with E-state index in [-0.39, 0.29) is 6.61 Å². The molecule has 4 heteroatoms. The summed E-state index contributed by atoms with van der Waals surface area (Å²) in [4.78, 5) is 2.26. The molecule has 0 radical (unpaired) electrons. The molecule has 96 valence electrons. The van der Waals surface area contributed by atoms with Gasteiger partial charge in [0.1, 0.15) is 0 Å². The molecule has 0 unspecified atom stereocenters. The average molecular weight is 238 g/mol. The van der Waals surface area contributed by atoms with Gasteiger partial charge in [-0.15, -0.1) is 0 Å². The number of ether oxygens (including phenoxy) is 1. The topological polar surface area (TPSA) is 58.7 Å². The first-order chi connectivity index (χ1) is 8.27. The largest absolute Gasteiger partial charge is 0.399 e. The lowest BCUT2D eigenvalue weighted by Gasteiger charge is -2.24. The molecule has 0 amide bonds. The lowest BCUT2D eigenvalue weighted by molar-refractivity contribution is 0.0966. The van der Waals surface area contributed by atoms with Crippen molar-refractivity contribution in [3.05, 3.63) is 24.3 Å². The molecule has 1 aromatic rings. The summed E-state index contributed by atoms with van der Waals surface area (Å²) in [6.45, 7) is 5.09. The van der Waals surface area contributed by atoms with Crippen LogP contribution in [-0.2, 0) is 4.74 Å². The first-order valence-electron chi connectivity index (χ1n) is 6.07. The van der Waals surface area contributed by atoms with Crippen LogP contribution < -0.4 is 10.6 Å². The molecule has 0 bridgehead atoms. The monoisotopic (exact) mass is 238 g/mol. The minimum Gasteiger partial charge on any atom is -0.399 e. The Bertz CT molecular complexity index is 301. The molecule has 4 nitrogen and oxygen atoms in total. The number of nitrogens with zero attached hydrogens (tertiary/aromatic N) is 1. The van der Waals surface area contributed by atoms with Crippen molar-refractivity contribution in [2.45, 2.75) is 13.3 Å². The van der Waals surface area contributed by atoms with Crippen LogP contribution in [0.4, 0.5) is 11.4 Å². The number of benzene rings is 1. The summed E-state index contributed by atoms with van der Waals surface area (Å²) in [6.07, 6.45) is 1.09. The van der Waals surface area contributed by atoms with Crippen LogP contribution in [0, 0.1) is 0 Å². The fourth-order valence-corrected chi connectivity index (χ4v) is 1.67. The van der Waals surface area contributed by atoms with Crippen molar-refractivity contribution < 1.29 is 9.84 Å². The van der Waals surface area contributed by atoms with E-state index in [1.54, 1.807) is 0 Å². The minimum atomic E-state index is 0.0790. The quantitative estimate of drug-likeness (QED) is 0.532. The molecule has 1 rings (SSSR count). The summed E-state index contributed by atoms with van der Waals surface area (Å²) in [5.41, 5.74) is 7.61. The highest BCUT2D eigenvalue weighted by molar-refractivity contribution is 5.53. The highest BCUT2D eigenvalue weighted by atomic mass is 16.5. The number of nitrogens with two attached hydrogens (primary N) is 1. The lowest BCUT2D eigenvalue weighted by atomic mass is 10.2. The maximum atomic E-state index is 8.63. The Morgan fingerprint density at radius 2 is 1.88 bits per heavy atom. The molecule has 17 heavy (non-hydrogen) atoms. The number of anilines is 2. The Morgan fingerprint density at radius 1 is 1.18 bits per heavy atom. The van der Waals surface area contributed by atoms with Crippen molar-refractivity contribution >= 4 is 11.4 Å². The second kappa shape index (κ2) is 7.92. The van der Waals surface area contributed by atoms with Gasteiger partial charge in [-0.25, -0.2) is 0 Å². The van der Waals surface area contributed by atoms with Gasteiger partial charge in [-0.2, -0.15) is 0 Å². The summed E-state index contributed by atoms with van der Waals surface area (Å²) < 4.78 is 5.29. The number of nitrogen functional groups attached to an aromatic ring is 1. The van der Waals surface area contributed by atoms with E-state index in [0.717, 1.165) is 30.9 Å². The smallest absolute Gasteiger partial charge is 0.0698 e. The predicted octanol–water partition coefficient (Wildman–Crippen LogP) is 1.49. The third-order valence-electron chi connectivity index (χ3n) is 2.49. The molecule has 0 heterocycles. The van der Waals surface area contributed by atoms with Crippen LogP contribution in [0.3, 0.4) is 0 Å². The first kappa shape index (κ1) is 13.8. The third-order valence-corrected chi connectivity index (χ3v) is 2.49. The van der Waals surface area contributed by atoms with Gasteiger partial charge in [0.05, 0.1) is 19.8 Å². The van der Waals surface area contributed by atoms with E-state index in [1.807, 2.05) is 24.3 Å². The van der Waals surface area contributed by atoms with Gasteiger partial charge in [-0.05, 0) is 30.7 Å². The van der Waals surface area contributed by atoms with Gasteiger partial charge in [0.25, 0.3) is 0 Å². The van der Waals surface area contributed by atoms with E-state index in [9.17, 15) is 0 Å². The van der Waals surface area contributed by atoms with Crippen molar-refractivity contribution in [1.29, 1.82) is 0 Å². The minimum absolute atomic E-state index is 0.0790. The first-order valence-corrected chi connectivity index (χ1v) is 6.07. The maximum absolute atomic E-state index is 8.63. The van der Waals surface area contributed by atoms with Crippen LogP contribution in [0.15, 0.2) is 24.3 Å². The van der Waals surface area contributed by atoms with Gasteiger partial charge >= 0.3 is 0 Å². The van der Waals surface area contributed by atoms with Crippen LogP contribution in [0.5, 0.6) is 0 Å². The van der Waals surface area contributed by atoms with E-state index in [4.69, 9.17) is 15.6 Å². The summed E-state index contributed by atoms with van der Waals surface area (Å²) in [6, 6.07) is 7.87. The average Bonchev–Trinajstić information content (AvgIpc) is 2.34. The Kier molecular flexibility index (Phi) is 6.43. The molecular formula is C13H22N2O2. The van der Waals surface area contributed by atoms with Gasteiger partial charge in [0.15, 0.2) is 0 Å². The molecule has 0 aliphatic rings. The van der Waals surface area contributed by atoms with Crippen molar-refractivity contribution in [3.63, 3.8) is 0 Å². The van der Waals surface area contributed by atoms with Crippen LogP contribution in [0.2, 0.25) is 0 Å². The van der Waals surface area contributed by atoms with Crippen LogP contribution >= 0.6 is 0 Å². The number of hydrogen-bond acceptors (Lipinski definition) is 4. The van der Waals surface area contributed by atoms with E-state index in [0.29, 0.717) is 13.2 Å². The highest BCUT2D eigenvalue weighted by Crippen LogP contribution is 2.16. The third kappa shape index (κ3) is 5.06. The van der Waals surface area contributed by atoms with Crippen LogP contribution in [0.1, 0.15) is 13.3 Å². The van der Waals surface area contributed by atoms with Gasteiger partial charge < -0.3 is 20.5 Å². The van der Waals surface area contributed by atoms with Gasteiger partial charge in [0, 0.05) is 24.5 Å². The van der Waals surface area contributed by atoms with Crippen LogP contribution in [0.25, 0.3) is 0 Å². The SMILES string of the molecule is CCCN(CCOCCO)c1ccc(N)cc1.